The Morgan fingerprint density at radius 2 is 0.755 bits per heavy atom. The topological polar surface area (TPSA) is 0 Å². The summed E-state index contributed by atoms with van der Waals surface area (Å²) in [5, 5.41) is 20.9. The summed E-state index contributed by atoms with van der Waals surface area (Å²) in [7, 11) is 0. The number of halogens is 1. The van der Waals surface area contributed by atoms with Gasteiger partial charge in [0.25, 0.3) is 0 Å². The highest BCUT2D eigenvalue weighted by Crippen LogP contribution is 2.54. The molecule has 0 heterocycles. The molecule has 0 bridgehead atoms. The summed E-state index contributed by atoms with van der Waals surface area (Å²) in [6, 6.07) is 65.6. The Labute approximate surface area is 314 Å². The number of benzene rings is 10. The van der Waals surface area contributed by atoms with Crippen LogP contribution in [0.25, 0.3) is 120 Å². The summed E-state index contributed by atoms with van der Waals surface area (Å²) >= 11 is 3.98. The van der Waals surface area contributed by atoms with Crippen molar-refractivity contribution in [2.75, 3.05) is 0 Å². The second-order valence-electron chi connectivity index (χ2n) is 14.5. The maximum absolute atomic E-state index is 3.98. The van der Waals surface area contributed by atoms with E-state index in [0.717, 1.165) is 4.47 Å². The van der Waals surface area contributed by atoms with E-state index in [2.05, 4.69) is 192 Å². The lowest BCUT2D eigenvalue weighted by Gasteiger charge is -2.17. The van der Waals surface area contributed by atoms with Gasteiger partial charge in [-0.05, 0) is 144 Å². The number of hydrogen-bond donors (Lipinski definition) is 0. The molecule has 12 aromatic rings. The largest absolute Gasteiger partial charge is 0.0622 e. The second-order valence-corrected chi connectivity index (χ2v) is 15.3. The third-order valence-corrected chi connectivity index (χ3v) is 12.4. The summed E-state index contributed by atoms with van der Waals surface area (Å²) in [6.45, 7) is 0. The van der Waals surface area contributed by atoms with E-state index in [4.69, 9.17) is 0 Å². The van der Waals surface area contributed by atoms with Gasteiger partial charge in [0.1, 0.15) is 0 Å². The second kappa shape index (κ2) is 10.9. The molecule has 12 aromatic carbocycles. The molecular formula is C52H29Br. The lowest BCUT2D eigenvalue weighted by Crippen LogP contribution is -1.89. The molecule has 0 radical (unpaired) electrons. The Bertz CT molecular complexity index is 3290. The van der Waals surface area contributed by atoms with Crippen LogP contribution < -0.4 is 0 Å². The van der Waals surface area contributed by atoms with Crippen LogP contribution in [0.3, 0.4) is 0 Å². The van der Waals surface area contributed by atoms with Crippen LogP contribution in [0.15, 0.2) is 180 Å². The van der Waals surface area contributed by atoms with Gasteiger partial charge >= 0.3 is 0 Å². The fourth-order valence-corrected chi connectivity index (χ4v) is 10.2. The molecule has 0 aliphatic heterocycles. The highest BCUT2D eigenvalue weighted by atomic mass is 79.9. The molecule has 0 amide bonds. The van der Waals surface area contributed by atoms with Crippen molar-refractivity contribution in [1.29, 1.82) is 0 Å². The monoisotopic (exact) mass is 732 g/mol. The lowest BCUT2D eigenvalue weighted by atomic mass is 9.85. The van der Waals surface area contributed by atoms with Gasteiger partial charge in [-0.3, -0.25) is 0 Å². The van der Waals surface area contributed by atoms with Gasteiger partial charge in [-0.2, -0.15) is 0 Å². The number of hydrogen-bond acceptors (Lipinski definition) is 0. The molecule has 0 aliphatic carbocycles. The SMILES string of the molecule is Brc1cc2ccccc2cc1-c1ccc2c3c(-c4ccccc4)c4cc5c(cc4c(-c4ccccc4)c3c3cccc1c32)c1cccc2cccc5c21. The van der Waals surface area contributed by atoms with E-state index in [-0.39, 0.29) is 0 Å². The minimum Gasteiger partial charge on any atom is -0.0622 e. The molecule has 0 spiro atoms. The van der Waals surface area contributed by atoms with Crippen molar-refractivity contribution in [2.45, 2.75) is 0 Å². The predicted molar refractivity (Wildman–Crippen MR) is 233 cm³/mol. The average Bonchev–Trinajstić information content (AvgIpc) is 3.71. The van der Waals surface area contributed by atoms with Gasteiger partial charge in [0.05, 0.1) is 0 Å². The smallest absolute Gasteiger partial charge is 0.0260 e. The van der Waals surface area contributed by atoms with Crippen LogP contribution in [0.5, 0.6) is 0 Å². The molecule has 244 valence electrons. The van der Waals surface area contributed by atoms with Crippen LogP contribution in [-0.4, -0.2) is 0 Å². The van der Waals surface area contributed by atoms with Gasteiger partial charge in [-0.15, -0.1) is 0 Å². The Kier molecular flexibility index (Phi) is 6.01. The maximum Gasteiger partial charge on any atom is 0.0260 e. The van der Waals surface area contributed by atoms with Crippen LogP contribution in [0.2, 0.25) is 0 Å². The number of rotatable bonds is 3. The summed E-state index contributed by atoms with van der Waals surface area (Å²) < 4.78 is 1.11. The van der Waals surface area contributed by atoms with Crippen LogP contribution in [0.1, 0.15) is 0 Å². The first-order valence-electron chi connectivity index (χ1n) is 18.3. The van der Waals surface area contributed by atoms with E-state index >= 15 is 0 Å². The van der Waals surface area contributed by atoms with E-state index in [9.17, 15) is 0 Å². The van der Waals surface area contributed by atoms with E-state index < -0.39 is 0 Å². The highest BCUT2D eigenvalue weighted by molar-refractivity contribution is 9.10. The van der Waals surface area contributed by atoms with E-state index in [0.29, 0.717) is 0 Å². The minimum absolute atomic E-state index is 1.11. The zero-order valence-electron chi connectivity index (χ0n) is 28.6. The first kappa shape index (κ1) is 29.3. The molecule has 0 fully saturated rings. The molecule has 0 aliphatic rings. The molecule has 12 rings (SSSR count). The lowest BCUT2D eigenvalue weighted by molar-refractivity contribution is 1.66. The molecule has 0 aromatic heterocycles. The predicted octanol–water partition coefficient (Wildman–Crippen LogP) is 15.6. The van der Waals surface area contributed by atoms with Crippen LogP contribution >= 0.6 is 15.9 Å². The van der Waals surface area contributed by atoms with Gasteiger partial charge in [0.15, 0.2) is 0 Å². The third kappa shape index (κ3) is 4.00. The maximum atomic E-state index is 3.98. The van der Waals surface area contributed by atoms with E-state index in [1.165, 1.54) is 120 Å². The van der Waals surface area contributed by atoms with Crippen LogP contribution in [0, 0.1) is 0 Å². The van der Waals surface area contributed by atoms with Gasteiger partial charge in [0, 0.05) is 4.47 Å². The number of fused-ring (bicyclic) bond motifs is 8. The van der Waals surface area contributed by atoms with Crippen molar-refractivity contribution in [3.63, 3.8) is 0 Å². The van der Waals surface area contributed by atoms with Crippen LogP contribution in [0.4, 0.5) is 0 Å². The molecule has 0 atom stereocenters. The van der Waals surface area contributed by atoms with Gasteiger partial charge in [0.2, 0.25) is 0 Å². The summed E-state index contributed by atoms with van der Waals surface area (Å²) in [4.78, 5) is 0. The normalized spacial score (nSPS) is 12.2. The average molecular weight is 734 g/mol. The fourth-order valence-electron chi connectivity index (χ4n) is 9.59. The molecule has 1 heteroatoms. The van der Waals surface area contributed by atoms with Crippen molar-refractivity contribution in [2.24, 2.45) is 0 Å². The van der Waals surface area contributed by atoms with Crippen molar-refractivity contribution in [1.82, 2.24) is 0 Å². The van der Waals surface area contributed by atoms with Gasteiger partial charge in [-0.25, -0.2) is 0 Å². The molecule has 0 saturated carbocycles. The minimum atomic E-state index is 1.11. The standard InChI is InChI=1S/C52H29Br/c53-46-27-34-17-8-7-16-33(34)26-43(46)35-24-25-40-50-36(35)22-11-23-39(50)51-48(31-12-3-1-4-13-31)44-28-41-37-20-9-18-30-19-10-21-38(47(30)37)42(41)29-45(44)49(52(40)51)32-14-5-2-6-15-32/h1-29H. The van der Waals surface area contributed by atoms with Gasteiger partial charge < -0.3 is 0 Å². The van der Waals surface area contributed by atoms with Crippen molar-refractivity contribution in [3.8, 4) is 33.4 Å². The quantitative estimate of drug-likeness (QED) is 0.170. The Balaban J connectivity index is 1.32. The van der Waals surface area contributed by atoms with Crippen molar-refractivity contribution >= 4 is 102 Å². The third-order valence-electron chi connectivity index (χ3n) is 11.8. The van der Waals surface area contributed by atoms with Crippen molar-refractivity contribution < 1.29 is 0 Å². The van der Waals surface area contributed by atoms with E-state index in [1.54, 1.807) is 0 Å². The Morgan fingerprint density at radius 3 is 1.38 bits per heavy atom. The van der Waals surface area contributed by atoms with Gasteiger partial charge in [-0.1, -0.05) is 168 Å². The van der Waals surface area contributed by atoms with E-state index in [1.807, 2.05) is 0 Å². The molecule has 53 heavy (non-hydrogen) atoms. The molecule has 0 saturated heterocycles. The molecule has 0 N–H and O–H groups in total. The highest BCUT2D eigenvalue weighted by Gasteiger charge is 2.26. The Hall–Kier alpha value is -6.28. The van der Waals surface area contributed by atoms with Crippen LogP contribution in [-0.2, 0) is 0 Å². The first-order chi connectivity index (χ1) is 26.2. The Morgan fingerprint density at radius 1 is 0.264 bits per heavy atom. The molecule has 0 nitrogen and oxygen atoms in total. The van der Waals surface area contributed by atoms with Crippen molar-refractivity contribution in [3.05, 3.63) is 180 Å². The summed E-state index contributed by atoms with van der Waals surface area (Å²) in [5.74, 6) is 0. The molecular weight excluding hydrogens is 704 g/mol. The zero-order chi connectivity index (χ0) is 34.8. The summed E-state index contributed by atoms with van der Waals surface area (Å²) in [5.41, 5.74) is 7.54. The zero-order valence-corrected chi connectivity index (χ0v) is 30.2. The first-order valence-corrected chi connectivity index (χ1v) is 19.1. The fraction of sp³-hybridized carbons (Fsp3) is 0. The summed E-state index contributed by atoms with van der Waals surface area (Å²) in [6.07, 6.45) is 0. The molecule has 0 unspecified atom stereocenters.